The van der Waals surface area contributed by atoms with Gasteiger partial charge in [0.15, 0.2) is 10.9 Å². The van der Waals surface area contributed by atoms with E-state index >= 15 is 0 Å². The first-order valence-electron chi connectivity index (χ1n) is 6.56. The van der Waals surface area contributed by atoms with Gasteiger partial charge in [-0.15, -0.1) is 0 Å². The van der Waals surface area contributed by atoms with E-state index in [9.17, 15) is 9.59 Å². The molecule has 9 heteroatoms. The summed E-state index contributed by atoms with van der Waals surface area (Å²) in [5.74, 6) is 0.493. The molecule has 1 aromatic rings. The Hall–Kier alpha value is -0.990. The van der Waals surface area contributed by atoms with E-state index in [4.69, 9.17) is 16.3 Å². The molecule has 1 amide bonds. The second kappa shape index (κ2) is 9.91. The summed E-state index contributed by atoms with van der Waals surface area (Å²) in [6.07, 6.45) is 3.78. The number of carbonyl (C=O) groups excluding carboxylic acids is 2. The Morgan fingerprint density at radius 3 is 2.82 bits per heavy atom. The molecule has 1 rings (SSSR count). The van der Waals surface area contributed by atoms with Crippen LogP contribution in [0.1, 0.15) is 23.8 Å². The third kappa shape index (κ3) is 5.66. The average Bonchev–Trinajstić information content (AvgIpc) is 2.52. The molecule has 22 heavy (non-hydrogen) atoms. The Balaban J connectivity index is 2.88. The standard InChI is InChI=1S/C13H18ClN3O3S2/c1-4-22-13-15-7-8(14)10(17-13)11(18)16-9(5-6-21-3)12(19)20-2/h7,9H,4-6H2,1-3H3,(H,16,18)/t9-/m0/s1. The van der Waals surface area contributed by atoms with Gasteiger partial charge in [0.1, 0.15) is 6.04 Å². The molecule has 1 N–H and O–H groups in total. The Bertz CT molecular complexity index is 531. The maximum absolute atomic E-state index is 12.3. The predicted molar refractivity (Wildman–Crippen MR) is 89.7 cm³/mol. The summed E-state index contributed by atoms with van der Waals surface area (Å²) in [5, 5.41) is 3.23. The average molecular weight is 364 g/mol. The van der Waals surface area contributed by atoms with Crippen LogP contribution in [0.4, 0.5) is 0 Å². The molecule has 0 radical (unpaired) electrons. The van der Waals surface area contributed by atoms with Crippen LogP contribution in [0, 0.1) is 0 Å². The van der Waals surface area contributed by atoms with Gasteiger partial charge in [0.25, 0.3) is 5.91 Å². The fourth-order valence-corrected chi connectivity index (χ4v) is 2.75. The monoisotopic (exact) mass is 363 g/mol. The Morgan fingerprint density at radius 2 is 2.23 bits per heavy atom. The van der Waals surface area contributed by atoms with Gasteiger partial charge < -0.3 is 10.1 Å². The fraction of sp³-hybridized carbons (Fsp3) is 0.538. The van der Waals surface area contributed by atoms with E-state index in [0.717, 1.165) is 5.75 Å². The fourth-order valence-electron chi connectivity index (χ4n) is 1.56. The number of carbonyl (C=O) groups is 2. The van der Waals surface area contributed by atoms with Crippen LogP contribution in [-0.4, -0.2) is 52.8 Å². The second-order valence-corrected chi connectivity index (χ2v) is 6.74. The van der Waals surface area contributed by atoms with Gasteiger partial charge in [0.05, 0.1) is 18.3 Å². The number of hydrogen-bond donors (Lipinski definition) is 1. The van der Waals surface area contributed by atoms with Crippen molar-refractivity contribution >= 4 is 47.0 Å². The zero-order valence-corrected chi connectivity index (χ0v) is 15.0. The Morgan fingerprint density at radius 1 is 1.50 bits per heavy atom. The van der Waals surface area contributed by atoms with Gasteiger partial charge in [0.2, 0.25) is 0 Å². The molecule has 0 aliphatic heterocycles. The molecular weight excluding hydrogens is 346 g/mol. The zero-order valence-electron chi connectivity index (χ0n) is 12.6. The first-order valence-corrected chi connectivity index (χ1v) is 9.32. The molecule has 0 spiro atoms. The summed E-state index contributed by atoms with van der Waals surface area (Å²) in [4.78, 5) is 32.2. The molecule has 0 bridgehead atoms. The number of aromatic nitrogens is 2. The van der Waals surface area contributed by atoms with Crippen molar-refractivity contribution in [2.24, 2.45) is 0 Å². The van der Waals surface area contributed by atoms with Gasteiger partial charge in [-0.1, -0.05) is 30.3 Å². The normalized spacial score (nSPS) is 11.8. The van der Waals surface area contributed by atoms with E-state index < -0.39 is 17.9 Å². The quantitative estimate of drug-likeness (QED) is 0.431. The minimum Gasteiger partial charge on any atom is -0.467 e. The van der Waals surface area contributed by atoms with Crippen molar-refractivity contribution in [3.8, 4) is 0 Å². The molecule has 0 unspecified atom stereocenters. The number of nitrogens with one attached hydrogen (secondary N) is 1. The largest absolute Gasteiger partial charge is 0.467 e. The highest BCUT2D eigenvalue weighted by atomic mass is 35.5. The topological polar surface area (TPSA) is 81.2 Å². The summed E-state index contributed by atoms with van der Waals surface area (Å²) in [7, 11) is 1.29. The minimum absolute atomic E-state index is 0.0608. The third-order valence-electron chi connectivity index (χ3n) is 2.61. The number of esters is 1. The SMILES string of the molecule is CCSc1ncc(Cl)c(C(=O)N[C@@H](CCSC)C(=O)OC)n1. The molecule has 0 aliphatic rings. The number of amides is 1. The first-order chi connectivity index (χ1) is 10.5. The predicted octanol–water partition coefficient (Wildman–Crippen LogP) is 2.27. The van der Waals surface area contributed by atoms with Crippen LogP contribution < -0.4 is 5.32 Å². The van der Waals surface area contributed by atoms with Gasteiger partial charge in [-0.3, -0.25) is 4.79 Å². The lowest BCUT2D eigenvalue weighted by Crippen LogP contribution is -2.42. The molecule has 0 aliphatic carbocycles. The Labute approximate surface area is 143 Å². The van der Waals surface area contributed by atoms with E-state index in [1.54, 1.807) is 11.8 Å². The summed E-state index contributed by atoms with van der Waals surface area (Å²) in [6, 6.07) is -0.724. The van der Waals surface area contributed by atoms with Crippen molar-refractivity contribution in [1.82, 2.24) is 15.3 Å². The molecule has 1 atom stereocenters. The molecule has 1 heterocycles. The number of nitrogens with zero attached hydrogens (tertiary/aromatic N) is 2. The van der Waals surface area contributed by atoms with E-state index in [-0.39, 0.29) is 10.7 Å². The van der Waals surface area contributed by atoms with Crippen molar-refractivity contribution < 1.29 is 14.3 Å². The van der Waals surface area contributed by atoms with Crippen LogP contribution in [0.15, 0.2) is 11.4 Å². The van der Waals surface area contributed by atoms with Crippen LogP contribution >= 0.6 is 35.1 Å². The maximum atomic E-state index is 12.3. The lowest BCUT2D eigenvalue weighted by Gasteiger charge is -2.16. The number of thioether (sulfide) groups is 2. The lowest BCUT2D eigenvalue weighted by atomic mass is 10.2. The molecule has 0 saturated heterocycles. The number of methoxy groups -OCH3 is 1. The van der Waals surface area contributed by atoms with Crippen LogP contribution in [-0.2, 0) is 9.53 Å². The van der Waals surface area contributed by atoms with E-state index in [2.05, 4.69) is 15.3 Å². The molecule has 122 valence electrons. The second-order valence-electron chi connectivity index (χ2n) is 4.11. The van der Waals surface area contributed by atoms with Crippen molar-refractivity contribution in [2.75, 3.05) is 24.9 Å². The molecule has 1 aromatic heterocycles. The number of halogens is 1. The highest BCUT2D eigenvalue weighted by Crippen LogP contribution is 2.18. The van der Waals surface area contributed by atoms with Crippen molar-refractivity contribution in [2.45, 2.75) is 24.5 Å². The molecule has 0 aromatic carbocycles. The van der Waals surface area contributed by atoms with Crippen molar-refractivity contribution in [3.05, 3.63) is 16.9 Å². The number of hydrogen-bond acceptors (Lipinski definition) is 7. The lowest BCUT2D eigenvalue weighted by molar-refractivity contribution is -0.142. The summed E-state index contributed by atoms with van der Waals surface area (Å²) >= 11 is 8.96. The first kappa shape index (κ1) is 19.1. The zero-order chi connectivity index (χ0) is 16.5. The van der Waals surface area contributed by atoms with Gasteiger partial charge in [0, 0.05) is 0 Å². The summed E-state index contributed by atoms with van der Waals surface area (Å²) in [6.45, 7) is 1.96. The maximum Gasteiger partial charge on any atom is 0.328 e. The third-order valence-corrected chi connectivity index (χ3v) is 4.28. The number of rotatable bonds is 8. The van der Waals surface area contributed by atoms with Crippen LogP contribution in [0.5, 0.6) is 0 Å². The van der Waals surface area contributed by atoms with Crippen molar-refractivity contribution in [1.29, 1.82) is 0 Å². The van der Waals surface area contributed by atoms with Crippen LogP contribution in [0.2, 0.25) is 5.02 Å². The van der Waals surface area contributed by atoms with E-state index in [1.807, 2.05) is 13.2 Å². The molecule has 0 fully saturated rings. The molecule has 0 saturated carbocycles. The molecular formula is C13H18ClN3O3S2. The van der Waals surface area contributed by atoms with Crippen LogP contribution in [0.25, 0.3) is 0 Å². The van der Waals surface area contributed by atoms with E-state index in [1.165, 1.54) is 25.1 Å². The van der Waals surface area contributed by atoms with Crippen molar-refractivity contribution in [3.63, 3.8) is 0 Å². The van der Waals surface area contributed by atoms with Crippen LogP contribution in [0.3, 0.4) is 0 Å². The van der Waals surface area contributed by atoms with Gasteiger partial charge in [-0.2, -0.15) is 11.8 Å². The summed E-state index contributed by atoms with van der Waals surface area (Å²) in [5.41, 5.74) is 0.0608. The smallest absolute Gasteiger partial charge is 0.328 e. The number of ether oxygens (including phenoxy) is 1. The molecule has 6 nitrogen and oxygen atoms in total. The van der Waals surface area contributed by atoms with E-state index in [0.29, 0.717) is 17.3 Å². The highest BCUT2D eigenvalue weighted by Gasteiger charge is 2.24. The minimum atomic E-state index is -0.724. The van der Waals surface area contributed by atoms with Gasteiger partial charge in [-0.05, 0) is 24.2 Å². The highest BCUT2D eigenvalue weighted by molar-refractivity contribution is 7.99. The van der Waals surface area contributed by atoms with Gasteiger partial charge in [-0.25, -0.2) is 14.8 Å². The Kier molecular flexibility index (Phi) is 8.59. The van der Waals surface area contributed by atoms with Gasteiger partial charge >= 0.3 is 5.97 Å². The summed E-state index contributed by atoms with van der Waals surface area (Å²) < 4.78 is 4.71.